The van der Waals surface area contributed by atoms with Crippen molar-refractivity contribution in [1.29, 1.82) is 0 Å². The molecule has 0 amide bonds. The maximum absolute atomic E-state index is 6.23. The standard InChI is InChI=1S/C23H22BrCl2NO2.ClH/c1-28-22-12-17(14-27-10-9-18-7-8-19(25)13-21(18)26)11-20(24)23(22)29-15-16-5-3-2-4-6-16;/h2-8,11-13,27H,9-10,14-15H2,1H3;1H. The van der Waals surface area contributed by atoms with E-state index in [4.69, 9.17) is 32.7 Å². The van der Waals surface area contributed by atoms with Crippen LogP contribution in [0.15, 0.2) is 65.1 Å². The topological polar surface area (TPSA) is 30.5 Å². The van der Waals surface area contributed by atoms with Gasteiger partial charge in [-0.2, -0.15) is 0 Å². The first-order chi connectivity index (χ1) is 14.1. The van der Waals surface area contributed by atoms with Crippen molar-refractivity contribution < 1.29 is 9.47 Å². The number of nitrogens with one attached hydrogen (secondary N) is 1. The molecule has 3 rings (SSSR count). The lowest BCUT2D eigenvalue weighted by molar-refractivity contribution is 0.282. The van der Waals surface area contributed by atoms with Crippen LogP contribution in [0.5, 0.6) is 11.5 Å². The molecule has 30 heavy (non-hydrogen) atoms. The first kappa shape index (κ1) is 24.8. The predicted octanol–water partition coefficient (Wildman–Crippen LogP) is 7.10. The van der Waals surface area contributed by atoms with E-state index < -0.39 is 0 Å². The van der Waals surface area contributed by atoms with Gasteiger partial charge in [0.1, 0.15) is 6.61 Å². The normalized spacial score (nSPS) is 10.4. The van der Waals surface area contributed by atoms with E-state index in [2.05, 4.69) is 21.2 Å². The second kappa shape index (κ2) is 12.4. The molecule has 0 aliphatic rings. The van der Waals surface area contributed by atoms with Gasteiger partial charge in [0.05, 0.1) is 11.6 Å². The fourth-order valence-electron chi connectivity index (χ4n) is 2.93. The van der Waals surface area contributed by atoms with Crippen molar-refractivity contribution in [3.63, 3.8) is 0 Å². The van der Waals surface area contributed by atoms with Crippen LogP contribution in [0.2, 0.25) is 10.0 Å². The number of ether oxygens (including phenoxy) is 2. The number of rotatable bonds is 9. The Morgan fingerprint density at radius 2 is 1.73 bits per heavy atom. The van der Waals surface area contributed by atoms with E-state index in [9.17, 15) is 0 Å². The summed E-state index contributed by atoms with van der Waals surface area (Å²) in [5, 5.41) is 4.79. The molecule has 0 aromatic heterocycles. The molecule has 0 aliphatic heterocycles. The third-order valence-electron chi connectivity index (χ3n) is 4.43. The SMILES string of the molecule is COc1cc(CNCCc2ccc(Cl)cc2Cl)cc(Br)c1OCc1ccccc1.Cl. The lowest BCUT2D eigenvalue weighted by Crippen LogP contribution is -2.17. The Hall–Kier alpha value is -1.43. The molecule has 0 saturated carbocycles. The fraction of sp³-hybridized carbons (Fsp3) is 0.217. The van der Waals surface area contributed by atoms with Crippen molar-refractivity contribution in [1.82, 2.24) is 5.32 Å². The molecule has 0 unspecified atom stereocenters. The number of hydrogen-bond donors (Lipinski definition) is 1. The minimum absolute atomic E-state index is 0. The molecule has 0 fully saturated rings. The summed E-state index contributed by atoms with van der Waals surface area (Å²) in [7, 11) is 1.65. The highest BCUT2D eigenvalue weighted by molar-refractivity contribution is 9.10. The maximum Gasteiger partial charge on any atom is 0.175 e. The molecule has 0 saturated heterocycles. The van der Waals surface area contributed by atoms with Gasteiger partial charge in [-0.1, -0.05) is 59.6 Å². The van der Waals surface area contributed by atoms with Gasteiger partial charge in [0.15, 0.2) is 11.5 Å². The van der Waals surface area contributed by atoms with Crippen LogP contribution in [-0.2, 0) is 19.6 Å². The van der Waals surface area contributed by atoms with Crippen LogP contribution >= 0.6 is 51.5 Å². The number of hydrogen-bond acceptors (Lipinski definition) is 3. The summed E-state index contributed by atoms with van der Waals surface area (Å²) in [6.45, 7) is 1.99. The van der Waals surface area contributed by atoms with Gasteiger partial charge in [0, 0.05) is 16.6 Å². The van der Waals surface area contributed by atoms with Gasteiger partial charge >= 0.3 is 0 Å². The second-order valence-electron chi connectivity index (χ2n) is 6.55. The van der Waals surface area contributed by atoms with Gasteiger partial charge in [-0.15, -0.1) is 12.4 Å². The van der Waals surface area contributed by atoms with Gasteiger partial charge < -0.3 is 14.8 Å². The minimum Gasteiger partial charge on any atom is -0.493 e. The van der Waals surface area contributed by atoms with Crippen LogP contribution in [0.3, 0.4) is 0 Å². The van der Waals surface area contributed by atoms with Crippen molar-refractivity contribution in [2.24, 2.45) is 0 Å². The van der Waals surface area contributed by atoms with E-state index in [1.54, 1.807) is 13.2 Å². The molecule has 3 nitrogen and oxygen atoms in total. The Balaban J connectivity index is 0.00000320. The maximum atomic E-state index is 6.23. The van der Waals surface area contributed by atoms with Crippen LogP contribution in [-0.4, -0.2) is 13.7 Å². The molecular weight excluding hydrogens is 509 g/mol. The summed E-state index contributed by atoms with van der Waals surface area (Å²) in [6.07, 6.45) is 0.826. The fourth-order valence-corrected chi connectivity index (χ4v) is 4.03. The molecule has 0 aliphatic carbocycles. The van der Waals surface area contributed by atoms with E-state index >= 15 is 0 Å². The molecule has 3 aromatic carbocycles. The Bertz CT molecular complexity index is 955. The van der Waals surface area contributed by atoms with Crippen molar-refractivity contribution in [3.8, 4) is 11.5 Å². The first-order valence-electron chi connectivity index (χ1n) is 9.24. The zero-order valence-corrected chi connectivity index (χ0v) is 20.4. The molecule has 0 heterocycles. The lowest BCUT2D eigenvalue weighted by atomic mass is 10.1. The Kier molecular flexibility index (Phi) is 10.3. The summed E-state index contributed by atoms with van der Waals surface area (Å²) >= 11 is 15.8. The Labute approximate surface area is 202 Å². The molecular formula is C23H23BrCl3NO2. The van der Waals surface area contributed by atoms with Crippen LogP contribution in [0.25, 0.3) is 0 Å². The molecule has 0 spiro atoms. The third kappa shape index (κ3) is 7.07. The summed E-state index contributed by atoms with van der Waals surface area (Å²) in [6, 6.07) is 19.7. The average Bonchev–Trinajstić information content (AvgIpc) is 2.72. The average molecular weight is 532 g/mol. The van der Waals surface area contributed by atoms with Crippen molar-refractivity contribution in [2.45, 2.75) is 19.6 Å². The molecule has 7 heteroatoms. The largest absolute Gasteiger partial charge is 0.493 e. The predicted molar refractivity (Wildman–Crippen MR) is 131 cm³/mol. The van der Waals surface area contributed by atoms with Crippen molar-refractivity contribution in [2.75, 3.05) is 13.7 Å². The van der Waals surface area contributed by atoms with Gasteiger partial charge in [-0.25, -0.2) is 0 Å². The zero-order chi connectivity index (χ0) is 20.6. The molecule has 160 valence electrons. The minimum atomic E-state index is 0. The van der Waals surface area contributed by atoms with Crippen molar-refractivity contribution in [3.05, 3.63) is 91.9 Å². The Morgan fingerprint density at radius 3 is 2.43 bits per heavy atom. The highest BCUT2D eigenvalue weighted by Gasteiger charge is 2.12. The quantitative estimate of drug-likeness (QED) is 0.299. The first-order valence-corrected chi connectivity index (χ1v) is 10.8. The van der Waals surface area contributed by atoms with Crippen molar-refractivity contribution >= 4 is 51.5 Å². The van der Waals surface area contributed by atoms with Crippen LogP contribution in [0.1, 0.15) is 16.7 Å². The summed E-state index contributed by atoms with van der Waals surface area (Å²) in [5.74, 6) is 1.40. The van der Waals surface area contributed by atoms with E-state index in [0.717, 1.165) is 34.1 Å². The lowest BCUT2D eigenvalue weighted by Gasteiger charge is -2.15. The number of methoxy groups -OCH3 is 1. The van der Waals surface area contributed by atoms with E-state index in [-0.39, 0.29) is 12.4 Å². The smallest absolute Gasteiger partial charge is 0.175 e. The third-order valence-corrected chi connectivity index (χ3v) is 5.61. The van der Waals surface area contributed by atoms with Gasteiger partial charge in [0.2, 0.25) is 0 Å². The molecule has 0 radical (unpaired) electrons. The molecule has 3 aromatic rings. The monoisotopic (exact) mass is 529 g/mol. The van der Waals surface area contributed by atoms with E-state index in [0.29, 0.717) is 34.7 Å². The molecule has 1 N–H and O–H groups in total. The van der Waals surface area contributed by atoms with Crippen LogP contribution in [0.4, 0.5) is 0 Å². The number of benzene rings is 3. The highest BCUT2D eigenvalue weighted by atomic mass is 79.9. The van der Waals surface area contributed by atoms with E-state index in [1.807, 2.05) is 54.6 Å². The van der Waals surface area contributed by atoms with Gasteiger partial charge in [0.25, 0.3) is 0 Å². The Morgan fingerprint density at radius 1 is 0.967 bits per heavy atom. The van der Waals surface area contributed by atoms with Gasteiger partial charge in [-0.3, -0.25) is 0 Å². The second-order valence-corrected chi connectivity index (χ2v) is 8.24. The summed E-state index contributed by atoms with van der Waals surface area (Å²) in [5.41, 5.74) is 3.28. The molecule has 0 atom stereocenters. The molecule has 0 bridgehead atoms. The summed E-state index contributed by atoms with van der Waals surface area (Å²) in [4.78, 5) is 0. The van der Waals surface area contributed by atoms with Crippen LogP contribution in [0, 0.1) is 0 Å². The number of halogens is 4. The van der Waals surface area contributed by atoms with E-state index in [1.165, 1.54) is 0 Å². The highest BCUT2D eigenvalue weighted by Crippen LogP contribution is 2.37. The summed E-state index contributed by atoms with van der Waals surface area (Å²) < 4.78 is 12.4. The van der Waals surface area contributed by atoms with Crippen LogP contribution < -0.4 is 14.8 Å². The van der Waals surface area contributed by atoms with Gasteiger partial charge in [-0.05, 0) is 69.9 Å². The zero-order valence-electron chi connectivity index (χ0n) is 16.5.